The third-order valence-corrected chi connectivity index (χ3v) is 6.92. The monoisotopic (exact) mass is 417 g/mol. The topological polar surface area (TPSA) is 72.0 Å². The molecule has 0 aliphatic rings. The lowest BCUT2D eigenvalue weighted by Gasteiger charge is -2.16. The molecule has 4 aromatic rings. The van der Waals surface area contributed by atoms with E-state index in [1.807, 2.05) is 56.3 Å². The Labute approximate surface area is 176 Å². The number of rotatable bonds is 6. The van der Waals surface area contributed by atoms with Crippen molar-refractivity contribution >= 4 is 26.4 Å². The molecule has 0 atom stereocenters. The summed E-state index contributed by atoms with van der Waals surface area (Å²) in [4.78, 5) is 8.92. The molecule has 30 heavy (non-hydrogen) atoms. The fraction of sp³-hybridized carbons (Fsp3) is 0.167. The molecule has 0 saturated carbocycles. The molecule has 5 nitrogen and oxygen atoms in total. The normalized spacial score (nSPS) is 11.5. The van der Waals surface area contributed by atoms with Gasteiger partial charge in [-0.3, -0.25) is 9.97 Å². The van der Waals surface area contributed by atoms with Gasteiger partial charge in [0.2, 0.25) is 9.84 Å². The van der Waals surface area contributed by atoms with Gasteiger partial charge in [-0.05, 0) is 60.9 Å². The van der Waals surface area contributed by atoms with Crippen LogP contribution in [-0.2, 0) is 22.8 Å². The van der Waals surface area contributed by atoms with Crippen LogP contribution in [0.25, 0.3) is 10.9 Å². The lowest BCUT2D eigenvalue weighted by Crippen LogP contribution is -2.10. The number of hydrogen-bond acceptors (Lipinski definition) is 5. The maximum atomic E-state index is 13.5. The van der Waals surface area contributed by atoms with Crippen molar-refractivity contribution in [3.63, 3.8) is 0 Å². The number of benzene rings is 2. The second-order valence-electron chi connectivity index (χ2n) is 7.23. The van der Waals surface area contributed by atoms with Gasteiger partial charge in [0.25, 0.3) is 0 Å². The molecule has 152 valence electrons. The smallest absolute Gasteiger partial charge is 0.210 e. The predicted molar refractivity (Wildman–Crippen MR) is 119 cm³/mol. The van der Waals surface area contributed by atoms with Gasteiger partial charge in [0.1, 0.15) is 4.90 Å². The third kappa shape index (κ3) is 3.91. The minimum atomic E-state index is -3.74. The van der Waals surface area contributed by atoms with Crippen LogP contribution in [-0.4, -0.2) is 18.4 Å². The Morgan fingerprint density at radius 1 is 0.933 bits per heavy atom. The summed E-state index contributed by atoms with van der Waals surface area (Å²) in [6.45, 7) is 4.50. The third-order valence-electron chi connectivity index (χ3n) is 5.14. The molecule has 0 unspecified atom stereocenters. The fourth-order valence-electron chi connectivity index (χ4n) is 3.40. The SMILES string of the molecule is CCc1ccc(S(=O)(=O)c2cnc3ccc(C)cc3c2NCc2ccncc2)cc1. The molecule has 0 saturated heterocycles. The fourth-order valence-corrected chi connectivity index (χ4v) is 4.79. The van der Waals surface area contributed by atoms with E-state index < -0.39 is 9.84 Å². The van der Waals surface area contributed by atoms with Crippen LogP contribution in [0.5, 0.6) is 0 Å². The second kappa shape index (κ2) is 8.24. The molecule has 1 N–H and O–H groups in total. The first-order valence-corrected chi connectivity index (χ1v) is 11.3. The van der Waals surface area contributed by atoms with Crippen molar-refractivity contribution in [1.29, 1.82) is 0 Å². The van der Waals surface area contributed by atoms with Gasteiger partial charge in [-0.15, -0.1) is 0 Å². The van der Waals surface area contributed by atoms with Gasteiger partial charge in [0, 0.05) is 30.5 Å². The second-order valence-corrected chi connectivity index (χ2v) is 9.15. The van der Waals surface area contributed by atoms with E-state index in [0.29, 0.717) is 12.2 Å². The molecule has 2 aromatic carbocycles. The van der Waals surface area contributed by atoms with Gasteiger partial charge in [0.05, 0.1) is 16.1 Å². The van der Waals surface area contributed by atoms with E-state index >= 15 is 0 Å². The highest BCUT2D eigenvalue weighted by Gasteiger charge is 2.24. The van der Waals surface area contributed by atoms with Crippen molar-refractivity contribution in [2.24, 2.45) is 0 Å². The van der Waals surface area contributed by atoms with E-state index in [9.17, 15) is 8.42 Å². The Balaban J connectivity index is 1.85. The van der Waals surface area contributed by atoms with E-state index in [2.05, 4.69) is 15.3 Å². The zero-order chi connectivity index (χ0) is 21.1. The molecule has 0 spiro atoms. The van der Waals surface area contributed by atoms with E-state index in [-0.39, 0.29) is 9.79 Å². The maximum Gasteiger partial charge on any atom is 0.210 e. The molecular formula is C24H23N3O2S. The molecule has 4 rings (SSSR count). The number of nitrogens with one attached hydrogen (secondary N) is 1. The molecular weight excluding hydrogens is 394 g/mol. The van der Waals surface area contributed by atoms with Crippen molar-refractivity contribution in [3.05, 3.63) is 89.9 Å². The summed E-state index contributed by atoms with van der Waals surface area (Å²) >= 11 is 0. The van der Waals surface area contributed by atoms with Crippen LogP contribution in [0.15, 0.2) is 83.0 Å². The minimum absolute atomic E-state index is 0.180. The number of pyridine rings is 2. The largest absolute Gasteiger partial charge is 0.379 e. The van der Waals surface area contributed by atoms with Crippen LogP contribution in [0.2, 0.25) is 0 Å². The predicted octanol–water partition coefficient (Wildman–Crippen LogP) is 4.95. The highest BCUT2D eigenvalue weighted by molar-refractivity contribution is 7.91. The molecule has 2 heterocycles. The first kappa shape index (κ1) is 20.0. The van der Waals surface area contributed by atoms with Crippen molar-refractivity contribution in [1.82, 2.24) is 9.97 Å². The molecule has 0 fully saturated rings. The minimum Gasteiger partial charge on any atom is -0.379 e. The van der Waals surface area contributed by atoms with Gasteiger partial charge in [-0.25, -0.2) is 8.42 Å². The number of anilines is 1. The molecule has 0 amide bonds. The van der Waals surface area contributed by atoms with Crippen molar-refractivity contribution < 1.29 is 8.42 Å². The zero-order valence-corrected chi connectivity index (χ0v) is 17.8. The summed E-state index contributed by atoms with van der Waals surface area (Å²) in [7, 11) is -3.74. The number of hydrogen-bond donors (Lipinski definition) is 1. The number of nitrogens with zero attached hydrogens (tertiary/aromatic N) is 2. The lowest BCUT2D eigenvalue weighted by molar-refractivity contribution is 0.596. The standard InChI is InChI=1S/C24H23N3O2S/c1-3-18-5-7-20(8-6-18)30(28,29)23-16-26-22-9-4-17(2)14-21(22)24(23)27-15-19-10-12-25-13-11-19/h4-14,16H,3,15H2,1-2H3,(H,26,27). The maximum absolute atomic E-state index is 13.5. The van der Waals surface area contributed by atoms with Crippen LogP contribution < -0.4 is 5.32 Å². The van der Waals surface area contributed by atoms with E-state index in [1.165, 1.54) is 6.20 Å². The number of sulfone groups is 1. The highest BCUT2D eigenvalue weighted by Crippen LogP contribution is 2.34. The van der Waals surface area contributed by atoms with Crippen LogP contribution in [0, 0.1) is 6.92 Å². The molecule has 0 radical (unpaired) electrons. The highest BCUT2D eigenvalue weighted by atomic mass is 32.2. The molecule has 0 bridgehead atoms. The quantitative estimate of drug-likeness (QED) is 0.481. The van der Waals surface area contributed by atoms with Crippen LogP contribution in [0.1, 0.15) is 23.6 Å². The summed E-state index contributed by atoms with van der Waals surface area (Å²) < 4.78 is 27.0. The summed E-state index contributed by atoms with van der Waals surface area (Å²) in [5.74, 6) is 0. The summed E-state index contributed by atoms with van der Waals surface area (Å²) in [5.41, 5.74) is 4.46. The molecule has 2 aromatic heterocycles. The van der Waals surface area contributed by atoms with E-state index in [4.69, 9.17) is 0 Å². The summed E-state index contributed by atoms with van der Waals surface area (Å²) in [5, 5.41) is 4.14. The Hall–Kier alpha value is -3.25. The van der Waals surface area contributed by atoms with Crippen LogP contribution in [0.3, 0.4) is 0 Å². The Kier molecular flexibility index (Phi) is 5.50. The Bertz CT molecular complexity index is 1290. The van der Waals surface area contributed by atoms with Crippen LogP contribution >= 0.6 is 0 Å². The van der Waals surface area contributed by atoms with Crippen molar-refractivity contribution in [2.75, 3.05) is 5.32 Å². The lowest BCUT2D eigenvalue weighted by atomic mass is 10.1. The van der Waals surface area contributed by atoms with E-state index in [1.54, 1.807) is 24.5 Å². The number of aromatic nitrogens is 2. The zero-order valence-electron chi connectivity index (χ0n) is 17.0. The average molecular weight is 418 g/mol. The van der Waals surface area contributed by atoms with Gasteiger partial charge < -0.3 is 5.32 Å². The Morgan fingerprint density at radius 3 is 2.37 bits per heavy atom. The first-order valence-electron chi connectivity index (χ1n) is 9.85. The van der Waals surface area contributed by atoms with E-state index in [0.717, 1.165) is 34.0 Å². The molecule has 6 heteroatoms. The van der Waals surface area contributed by atoms with Gasteiger partial charge in [-0.1, -0.05) is 30.7 Å². The van der Waals surface area contributed by atoms with Gasteiger partial charge in [0.15, 0.2) is 0 Å². The summed E-state index contributed by atoms with van der Waals surface area (Å²) in [6.07, 6.45) is 5.75. The molecule has 0 aliphatic heterocycles. The van der Waals surface area contributed by atoms with Crippen LogP contribution in [0.4, 0.5) is 5.69 Å². The average Bonchev–Trinajstić information content (AvgIpc) is 2.78. The Morgan fingerprint density at radius 2 is 1.67 bits per heavy atom. The molecule has 0 aliphatic carbocycles. The van der Waals surface area contributed by atoms with Gasteiger partial charge >= 0.3 is 0 Å². The number of aryl methyl sites for hydroxylation is 2. The first-order chi connectivity index (χ1) is 14.5. The van der Waals surface area contributed by atoms with Crippen molar-refractivity contribution in [3.8, 4) is 0 Å². The van der Waals surface area contributed by atoms with Gasteiger partial charge in [-0.2, -0.15) is 0 Å². The summed E-state index contributed by atoms with van der Waals surface area (Å²) in [6, 6.07) is 16.7. The number of fused-ring (bicyclic) bond motifs is 1. The van der Waals surface area contributed by atoms with Crippen molar-refractivity contribution in [2.45, 2.75) is 36.6 Å².